The molecule has 2 rings (SSSR count). The molecule has 1 fully saturated rings. The quantitative estimate of drug-likeness (QED) is 0.689. The van der Waals surface area contributed by atoms with Crippen molar-refractivity contribution in [2.75, 3.05) is 0 Å². The van der Waals surface area contributed by atoms with Gasteiger partial charge < -0.3 is 11.1 Å². The van der Waals surface area contributed by atoms with Crippen molar-refractivity contribution in [3.8, 4) is 0 Å². The molecule has 0 radical (unpaired) electrons. The van der Waals surface area contributed by atoms with E-state index in [1.165, 1.54) is 12.1 Å². The number of sulfonamides is 1. The van der Waals surface area contributed by atoms with E-state index in [1.807, 2.05) is 0 Å². The number of hydrogen-bond acceptors (Lipinski definition) is 4. The van der Waals surface area contributed by atoms with E-state index < -0.39 is 10.0 Å². The summed E-state index contributed by atoms with van der Waals surface area (Å²) in [5.74, 6) is 0.358. The van der Waals surface area contributed by atoms with Crippen LogP contribution in [0, 0.1) is 5.92 Å². The van der Waals surface area contributed by atoms with Gasteiger partial charge in [0.1, 0.15) is 0 Å². The minimum Gasteiger partial charge on any atom is -0.352 e. The van der Waals surface area contributed by atoms with E-state index in [-0.39, 0.29) is 23.4 Å². The highest BCUT2D eigenvalue weighted by Crippen LogP contribution is 2.32. The van der Waals surface area contributed by atoms with E-state index in [1.54, 1.807) is 12.1 Å². The van der Waals surface area contributed by atoms with Gasteiger partial charge in [-0.3, -0.25) is 4.79 Å². The molecule has 0 aliphatic heterocycles. The molecule has 1 saturated carbocycles. The number of carbonyl (C=O) groups is 1. The van der Waals surface area contributed by atoms with Gasteiger partial charge in [0, 0.05) is 19.0 Å². The van der Waals surface area contributed by atoms with Gasteiger partial charge in [0.05, 0.1) is 4.90 Å². The zero-order valence-corrected chi connectivity index (χ0v) is 11.9. The van der Waals surface area contributed by atoms with Gasteiger partial charge in [-0.2, -0.15) is 0 Å². The zero-order valence-electron chi connectivity index (χ0n) is 11.1. The average Bonchev–Trinajstić information content (AvgIpc) is 3.20. The van der Waals surface area contributed by atoms with Crippen LogP contribution in [0.2, 0.25) is 0 Å². The lowest BCUT2D eigenvalue weighted by Crippen LogP contribution is -2.32. The van der Waals surface area contributed by atoms with Crippen LogP contribution in [0.25, 0.3) is 0 Å². The van der Waals surface area contributed by atoms with Crippen LogP contribution in [0.4, 0.5) is 0 Å². The number of amides is 1. The van der Waals surface area contributed by atoms with E-state index in [0.717, 1.165) is 12.8 Å². The monoisotopic (exact) mass is 297 g/mol. The third kappa shape index (κ3) is 4.29. The van der Waals surface area contributed by atoms with Crippen LogP contribution in [-0.2, 0) is 21.4 Å². The largest absolute Gasteiger partial charge is 0.352 e. The van der Waals surface area contributed by atoms with Crippen molar-refractivity contribution >= 4 is 15.9 Å². The highest BCUT2D eigenvalue weighted by Gasteiger charge is 2.29. The summed E-state index contributed by atoms with van der Waals surface area (Å²) in [6, 6.07) is 6.12. The molecule has 20 heavy (non-hydrogen) atoms. The van der Waals surface area contributed by atoms with E-state index in [9.17, 15) is 13.2 Å². The van der Waals surface area contributed by atoms with E-state index in [2.05, 4.69) is 5.32 Å². The maximum atomic E-state index is 11.7. The summed E-state index contributed by atoms with van der Waals surface area (Å²) in [6.07, 6.45) is 2.51. The Hall–Kier alpha value is -1.44. The SMILES string of the molecule is NC(CC(=O)NCc1cccc(S(N)(=O)=O)c1)C1CC1. The fraction of sp³-hybridized carbons (Fsp3) is 0.462. The summed E-state index contributed by atoms with van der Waals surface area (Å²) >= 11 is 0. The topological polar surface area (TPSA) is 115 Å². The molecule has 1 atom stereocenters. The molecule has 1 aliphatic rings. The van der Waals surface area contributed by atoms with E-state index in [4.69, 9.17) is 10.9 Å². The molecule has 0 spiro atoms. The van der Waals surface area contributed by atoms with E-state index >= 15 is 0 Å². The first kappa shape index (κ1) is 15.0. The molecule has 1 amide bonds. The molecule has 1 unspecified atom stereocenters. The van der Waals surface area contributed by atoms with Crippen molar-refractivity contribution in [2.24, 2.45) is 16.8 Å². The van der Waals surface area contributed by atoms with Gasteiger partial charge in [-0.05, 0) is 36.5 Å². The zero-order chi connectivity index (χ0) is 14.8. The van der Waals surface area contributed by atoms with Gasteiger partial charge >= 0.3 is 0 Å². The molecule has 0 aromatic heterocycles. The molecule has 1 aromatic carbocycles. The number of hydrogen-bond donors (Lipinski definition) is 3. The maximum absolute atomic E-state index is 11.7. The number of nitrogens with two attached hydrogens (primary N) is 2. The Labute approximate surface area is 118 Å². The second-order valence-corrected chi connectivity index (χ2v) is 6.74. The van der Waals surface area contributed by atoms with Crippen LogP contribution >= 0.6 is 0 Å². The van der Waals surface area contributed by atoms with Gasteiger partial charge in [-0.25, -0.2) is 13.6 Å². The van der Waals surface area contributed by atoms with Gasteiger partial charge in [0.15, 0.2) is 0 Å². The minimum atomic E-state index is -3.72. The maximum Gasteiger partial charge on any atom is 0.238 e. The fourth-order valence-electron chi connectivity index (χ4n) is 2.01. The highest BCUT2D eigenvalue weighted by molar-refractivity contribution is 7.89. The van der Waals surface area contributed by atoms with Gasteiger partial charge in [0.2, 0.25) is 15.9 Å². The smallest absolute Gasteiger partial charge is 0.238 e. The van der Waals surface area contributed by atoms with Crippen LogP contribution in [0.3, 0.4) is 0 Å². The molecule has 1 aromatic rings. The number of carbonyl (C=O) groups excluding carboxylic acids is 1. The third-order valence-corrected chi connectivity index (χ3v) is 4.28. The summed E-state index contributed by atoms with van der Waals surface area (Å²) in [7, 11) is -3.72. The molecule has 0 bridgehead atoms. The normalized spacial score (nSPS) is 16.7. The molecule has 0 heterocycles. The minimum absolute atomic E-state index is 0.0407. The molecule has 6 nitrogen and oxygen atoms in total. The molecule has 5 N–H and O–H groups in total. The van der Waals surface area contributed by atoms with Crippen molar-refractivity contribution in [1.82, 2.24) is 5.32 Å². The summed E-state index contributed by atoms with van der Waals surface area (Å²) < 4.78 is 22.4. The van der Waals surface area contributed by atoms with Gasteiger partial charge in [-0.15, -0.1) is 0 Å². The molecule has 7 heteroatoms. The summed E-state index contributed by atoms with van der Waals surface area (Å²) in [5.41, 5.74) is 6.56. The number of primary sulfonamides is 1. The van der Waals surface area contributed by atoms with Crippen LogP contribution < -0.4 is 16.2 Å². The van der Waals surface area contributed by atoms with E-state index in [0.29, 0.717) is 17.9 Å². The molecular weight excluding hydrogens is 278 g/mol. The Morgan fingerprint density at radius 1 is 1.40 bits per heavy atom. The van der Waals surface area contributed by atoms with Crippen LogP contribution in [-0.4, -0.2) is 20.4 Å². The number of nitrogens with one attached hydrogen (secondary N) is 1. The first-order chi connectivity index (χ1) is 9.36. The Balaban J connectivity index is 1.88. The third-order valence-electron chi connectivity index (χ3n) is 3.37. The Morgan fingerprint density at radius 2 is 2.10 bits per heavy atom. The fourth-order valence-corrected chi connectivity index (χ4v) is 2.59. The van der Waals surface area contributed by atoms with Gasteiger partial charge in [-0.1, -0.05) is 12.1 Å². The lowest BCUT2D eigenvalue weighted by atomic mass is 10.1. The predicted molar refractivity (Wildman–Crippen MR) is 75.0 cm³/mol. The summed E-state index contributed by atoms with van der Waals surface area (Å²) in [4.78, 5) is 11.7. The van der Waals surface area contributed by atoms with Crippen molar-refractivity contribution in [2.45, 2.75) is 36.7 Å². The Bertz CT molecular complexity index is 597. The lowest BCUT2D eigenvalue weighted by Gasteiger charge is -2.11. The van der Waals surface area contributed by atoms with Crippen LogP contribution in [0.15, 0.2) is 29.2 Å². The second-order valence-electron chi connectivity index (χ2n) is 5.17. The van der Waals surface area contributed by atoms with Crippen molar-refractivity contribution in [3.63, 3.8) is 0 Å². The van der Waals surface area contributed by atoms with Crippen LogP contribution in [0.5, 0.6) is 0 Å². The molecule has 0 saturated heterocycles. The number of rotatable bonds is 6. The Morgan fingerprint density at radius 3 is 2.70 bits per heavy atom. The summed E-state index contributed by atoms with van der Waals surface area (Å²) in [5, 5.41) is 7.79. The average molecular weight is 297 g/mol. The summed E-state index contributed by atoms with van der Waals surface area (Å²) in [6.45, 7) is 0.263. The Kier molecular flexibility index (Phi) is 4.42. The molecule has 110 valence electrons. The molecular formula is C13H19N3O3S. The first-order valence-corrected chi connectivity index (χ1v) is 8.05. The highest BCUT2D eigenvalue weighted by atomic mass is 32.2. The van der Waals surface area contributed by atoms with Crippen molar-refractivity contribution in [3.05, 3.63) is 29.8 Å². The van der Waals surface area contributed by atoms with Gasteiger partial charge in [0.25, 0.3) is 0 Å². The second kappa shape index (κ2) is 5.90. The van der Waals surface area contributed by atoms with Crippen molar-refractivity contribution < 1.29 is 13.2 Å². The van der Waals surface area contributed by atoms with Crippen molar-refractivity contribution in [1.29, 1.82) is 0 Å². The van der Waals surface area contributed by atoms with Crippen LogP contribution in [0.1, 0.15) is 24.8 Å². The first-order valence-electron chi connectivity index (χ1n) is 6.50. The molecule has 1 aliphatic carbocycles. The lowest BCUT2D eigenvalue weighted by molar-refractivity contribution is -0.121. The standard InChI is InChI=1S/C13H19N3O3S/c14-12(10-4-5-10)7-13(17)16-8-9-2-1-3-11(6-9)20(15,18)19/h1-3,6,10,12H,4-5,7-8,14H2,(H,16,17)(H2,15,18,19). The predicted octanol–water partition coefficient (Wildman–Crippen LogP) is 0.0776. The number of benzene rings is 1.